The van der Waals surface area contributed by atoms with Gasteiger partial charge in [-0.15, -0.1) is 0 Å². The van der Waals surface area contributed by atoms with Gasteiger partial charge in [-0.3, -0.25) is 4.79 Å². The molecule has 0 bridgehead atoms. The molecule has 0 aliphatic heterocycles. The van der Waals surface area contributed by atoms with Crippen molar-refractivity contribution in [3.8, 4) is 5.75 Å². The van der Waals surface area contributed by atoms with E-state index in [1.54, 1.807) is 24.3 Å². The number of carboxylic acid groups (broad SMARTS) is 1. The summed E-state index contributed by atoms with van der Waals surface area (Å²) in [7, 11) is 0. The van der Waals surface area contributed by atoms with Crippen LogP contribution in [0.25, 0.3) is 10.8 Å². The normalized spacial score (nSPS) is 10.8. The Morgan fingerprint density at radius 2 is 1.88 bits per heavy atom. The molecule has 0 spiro atoms. The number of aryl methyl sites for hydroxylation is 2. The number of aromatic nitrogens is 2. The Labute approximate surface area is 144 Å². The van der Waals surface area contributed by atoms with Crippen molar-refractivity contribution in [1.29, 1.82) is 0 Å². The zero-order valence-electron chi connectivity index (χ0n) is 14.0. The van der Waals surface area contributed by atoms with Gasteiger partial charge in [0.2, 0.25) is 0 Å². The molecule has 25 heavy (non-hydrogen) atoms. The van der Waals surface area contributed by atoms with E-state index in [0.717, 1.165) is 21.6 Å². The molecule has 0 atom stereocenters. The first kappa shape index (κ1) is 16.7. The van der Waals surface area contributed by atoms with E-state index in [1.807, 2.05) is 32.0 Å². The molecule has 0 unspecified atom stereocenters. The second-order valence-corrected chi connectivity index (χ2v) is 5.85. The van der Waals surface area contributed by atoms with Crippen molar-refractivity contribution >= 4 is 16.7 Å². The summed E-state index contributed by atoms with van der Waals surface area (Å²) in [6.45, 7) is 4.30. The highest BCUT2D eigenvalue weighted by molar-refractivity contribution is 6.01. The van der Waals surface area contributed by atoms with Crippen molar-refractivity contribution in [2.75, 3.05) is 6.61 Å². The Morgan fingerprint density at radius 3 is 2.60 bits per heavy atom. The van der Waals surface area contributed by atoms with Gasteiger partial charge in [-0.25, -0.2) is 9.48 Å². The molecule has 0 fully saturated rings. The van der Waals surface area contributed by atoms with Crippen molar-refractivity contribution in [2.24, 2.45) is 0 Å². The second kappa shape index (κ2) is 6.76. The van der Waals surface area contributed by atoms with Crippen LogP contribution in [-0.4, -0.2) is 27.5 Å². The molecule has 6 nitrogen and oxygen atoms in total. The summed E-state index contributed by atoms with van der Waals surface area (Å²) in [5, 5.41) is 14.0. The first-order valence-electron chi connectivity index (χ1n) is 7.90. The molecule has 3 aromatic rings. The Bertz CT molecular complexity index is 1010. The molecule has 0 radical (unpaired) electrons. The van der Waals surface area contributed by atoms with Crippen LogP contribution in [0.2, 0.25) is 0 Å². The zero-order valence-corrected chi connectivity index (χ0v) is 14.0. The number of hydrogen-bond acceptors (Lipinski definition) is 4. The van der Waals surface area contributed by atoms with Gasteiger partial charge in [0.15, 0.2) is 5.69 Å². The van der Waals surface area contributed by atoms with E-state index in [0.29, 0.717) is 10.8 Å². The number of carboxylic acids is 1. The van der Waals surface area contributed by atoms with Gasteiger partial charge in [0, 0.05) is 5.39 Å². The van der Waals surface area contributed by atoms with Crippen LogP contribution in [0.4, 0.5) is 0 Å². The number of hydrogen-bond donors (Lipinski definition) is 1. The predicted octanol–water partition coefficient (Wildman–Crippen LogP) is 2.79. The van der Waals surface area contributed by atoms with Gasteiger partial charge in [-0.1, -0.05) is 30.3 Å². The van der Waals surface area contributed by atoms with E-state index in [9.17, 15) is 14.7 Å². The van der Waals surface area contributed by atoms with Gasteiger partial charge in [0.05, 0.1) is 11.9 Å². The molecule has 3 rings (SSSR count). The first-order chi connectivity index (χ1) is 12.0. The molecule has 0 saturated carbocycles. The van der Waals surface area contributed by atoms with Gasteiger partial charge in [-0.2, -0.15) is 5.10 Å². The van der Waals surface area contributed by atoms with E-state index >= 15 is 0 Å². The van der Waals surface area contributed by atoms with E-state index in [1.165, 1.54) is 0 Å². The topological polar surface area (TPSA) is 81.4 Å². The maximum absolute atomic E-state index is 12.5. The minimum absolute atomic E-state index is 0.137. The molecule has 0 aliphatic carbocycles. The number of rotatable bonds is 5. The van der Waals surface area contributed by atoms with E-state index in [-0.39, 0.29) is 24.4 Å². The molecule has 6 heteroatoms. The maximum atomic E-state index is 12.5. The SMILES string of the molecule is Cc1ccc(C)c(OCCn2nc(C(=O)O)c3ccccc3c2=O)c1. The van der Waals surface area contributed by atoms with Crippen molar-refractivity contribution in [3.05, 3.63) is 69.6 Å². The first-order valence-corrected chi connectivity index (χ1v) is 7.90. The lowest BCUT2D eigenvalue weighted by Crippen LogP contribution is -2.28. The molecule has 1 N–H and O–H groups in total. The van der Waals surface area contributed by atoms with Gasteiger partial charge in [-0.05, 0) is 37.1 Å². The molecule has 2 aromatic carbocycles. The Kier molecular flexibility index (Phi) is 4.52. The van der Waals surface area contributed by atoms with Crippen molar-refractivity contribution in [1.82, 2.24) is 9.78 Å². The lowest BCUT2D eigenvalue weighted by atomic mass is 10.1. The smallest absolute Gasteiger partial charge is 0.357 e. The monoisotopic (exact) mass is 338 g/mol. The van der Waals surface area contributed by atoms with Crippen LogP contribution < -0.4 is 10.3 Å². The number of benzene rings is 2. The summed E-state index contributed by atoms with van der Waals surface area (Å²) in [6.07, 6.45) is 0. The highest BCUT2D eigenvalue weighted by Gasteiger charge is 2.15. The van der Waals surface area contributed by atoms with Crippen LogP contribution in [-0.2, 0) is 6.54 Å². The number of carbonyl (C=O) groups is 1. The molecule has 128 valence electrons. The van der Waals surface area contributed by atoms with Crippen LogP contribution in [0.1, 0.15) is 21.6 Å². The third kappa shape index (κ3) is 3.38. The van der Waals surface area contributed by atoms with Gasteiger partial charge < -0.3 is 9.84 Å². The molecular formula is C19H18N2O4. The molecule has 0 aliphatic rings. The minimum atomic E-state index is -1.17. The average Bonchev–Trinajstić information content (AvgIpc) is 2.59. The summed E-state index contributed by atoms with van der Waals surface area (Å²) >= 11 is 0. The molecule has 1 heterocycles. The number of aromatic carboxylic acids is 1. The summed E-state index contributed by atoms with van der Waals surface area (Å²) < 4.78 is 6.89. The summed E-state index contributed by atoms with van der Waals surface area (Å²) in [5.41, 5.74) is 1.61. The van der Waals surface area contributed by atoms with Crippen LogP contribution in [0, 0.1) is 13.8 Å². The number of nitrogens with zero attached hydrogens (tertiary/aromatic N) is 2. The largest absolute Gasteiger partial charge is 0.491 e. The third-order valence-corrected chi connectivity index (χ3v) is 3.97. The van der Waals surface area contributed by atoms with E-state index in [4.69, 9.17) is 4.74 Å². The molecule has 1 aromatic heterocycles. The van der Waals surface area contributed by atoms with Crippen LogP contribution in [0.3, 0.4) is 0 Å². The van der Waals surface area contributed by atoms with Gasteiger partial charge >= 0.3 is 5.97 Å². The van der Waals surface area contributed by atoms with Crippen LogP contribution in [0.5, 0.6) is 5.75 Å². The fourth-order valence-corrected chi connectivity index (χ4v) is 2.65. The lowest BCUT2D eigenvalue weighted by molar-refractivity contribution is 0.0689. The highest BCUT2D eigenvalue weighted by atomic mass is 16.5. The van der Waals surface area contributed by atoms with E-state index in [2.05, 4.69) is 5.10 Å². The highest BCUT2D eigenvalue weighted by Crippen LogP contribution is 2.19. The molecule has 0 amide bonds. The fourth-order valence-electron chi connectivity index (χ4n) is 2.65. The Hall–Kier alpha value is -3.15. The number of fused-ring (bicyclic) bond motifs is 1. The molecular weight excluding hydrogens is 320 g/mol. The Morgan fingerprint density at radius 1 is 1.16 bits per heavy atom. The second-order valence-electron chi connectivity index (χ2n) is 5.85. The quantitative estimate of drug-likeness (QED) is 0.773. The summed E-state index contributed by atoms with van der Waals surface area (Å²) in [4.78, 5) is 24.0. The predicted molar refractivity (Wildman–Crippen MR) is 94.4 cm³/mol. The fraction of sp³-hybridized carbons (Fsp3) is 0.211. The standard InChI is InChI=1S/C19H18N2O4/c1-12-7-8-13(2)16(11-12)25-10-9-21-18(22)15-6-4-3-5-14(15)17(20-21)19(23)24/h3-8,11H,9-10H2,1-2H3,(H,23,24). The average molecular weight is 338 g/mol. The van der Waals surface area contributed by atoms with Crippen molar-refractivity contribution < 1.29 is 14.6 Å². The summed E-state index contributed by atoms with van der Waals surface area (Å²) in [6, 6.07) is 12.5. The van der Waals surface area contributed by atoms with Gasteiger partial charge in [0.1, 0.15) is 12.4 Å². The summed E-state index contributed by atoms with van der Waals surface area (Å²) in [5.74, 6) is -0.423. The third-order valence-electron chi connectivity index (χ3n) is 3.97. The van der Waals surface area contributed by atoms with Crippen LogP contribution in [0.15, 0.2) is 47.3 Å². The van der Waals surface area contributed by atoms with Crippen molar-refractivity contribution in [3.63, 3.8) is 0 Å². The van der Waals surface area contributed by atoms with E-state index < -0.39 is 5.97 Å². The Balaban J connectivity index is 1.89. The van der Waals surface area contributed by atoms with Gasteiger partial charge in [0.25, 0.3) is 5.56 Å². The van der Waals surface area contributed by atoms with Crippen molar-refractivity contribution in [2.45, 2.75) is 20.4 Å². The zero-order chi connectivity index (χ0) is 18.0. The molecule has 0 saturated heterocycles. The minimum Gasteiger partial charge on any atom is -0.491 e. The number of ether oxygens (including phenoxy) is 1. The van der Waals surface area contributed by atoms with Crippen LogP contribution >= 0.6 is 0 Å². The lowest BCUT2D eigenvalue weighted by Gasteiger charge is -2.12. The maximum Gasteiger partial charge on any atom is 0.357 e.